The van der Waals surface area contributed by atoms with Crippen LogP contribution in [-0.4, -0.2) is 38.3 Å². The largest absolute Gasteiger partial charge is 0.497 e. The molecule has 1 aliphatic carbocycles. The van der Waals surface area contributed by atoms with Crippen LogP contribution in [0.25, 0.3) is 0 Å². The minimum absolute atomic E-state index is 0.546. The lowest BCUT2D eigenvalue weighted by Gasteiger charge is -2.16. The van der Waals surface area contributed by atoms with Gasteiger partial charge in [-0.05, 0) is 32.0 Å². The van der Waals surface area contributed by atoms with Crippen molar-refractivity contribution < 1.29 is 9.47 Å². The number of nitriles is 1. The van der Waals surface area contributed by atoms with Gasteiger partial charge in [0.2, 0.25) is 0 Å². The molecule has 18 heavy (non-hydrogen) atoms. The highest BCUT2D eigenvalue weighted by Gasteiger charge is 2.25. The molecular weight excluding hydrogens is 228 g/mol. The van der Waals surface area contributed by atoms with Crippen LogP contribution in [-0.2, 0) is 0 Å². The number of methoxy groups -OCH3 is 1. The van der Waals surface area contributed by atoms with Gasteiger partial charge >= 0.3 is 0 Å². The van der Waals surface area contributed by atoms with Gasteiger partial charge in [-0.2, -0.15) is 5.26 Å². The number of ether oxygens (including phenoxy) is 2. The molecule has 0 radical (unpaired) electrons. The van der Waals surface area contributed by atoms with Crippen LogP contribution in [0.1, 0.15) is 18.4 Å². The molecule has 4 nitrogen and oxygen atoms in total. The van der Waals surface area contributed by atoms with Gasteiger partial charge in [0.25, 0.3) is 0 Å². The summed E-state index contributed by atoms with van der Waals surface area (Å²) in [4.78, 5) is 2.30. The SMILES string of the molecule is COc1ccc(C#N)c(OCCN(C)C2CC2)c1. The molecule has 0 heterocycles. The molecule has 0 amide bonds. The first-order valence-electron chi connectivity index (χ1n) is 6.15. The molecule has 1 aromatic carbocycles. The molecule has 1 saturated carbocycles. The number of nitrogens with zero attached hydrogens (tertiary/aromatic N) is 2. The molecule has 1 aromatic rings. The number of likely N-dealkylation sites (N-methyl/N-ethyl adjacent to an activating group) is 1. The molecule has 2 rings (SSSR count). The minimum Gasteiger partial charge on any atom is -0.497 e. The monoisotopic (exact) mass is 246 g/mol. The van der Waals surface area contributed by atoms with E-state index >= 15 is 0 Å². The maximum Gasteiger partial charge on any atom is 0.140 e. The summed E-state index contributed by atoms with van der Waals surface area (Å²) in [6.07, 6.45) is 2.58. The van der Waals surface area contributed by atoms with Crippen molar-refractivity contribution in [1.82, 2.24) is 4.90 Å². The Labute approximate surface area is 108 Å². The Kier molecular flexibility index (Phi) is 4.06. The maximum atomic E-state index is 9.01. The van der Waals surface area contributed by atoms with Crippen molar-refractivity contribution in [3.8, 4) is 17.6 Å². The Morgan fingerprint density at radius 1 is 1.44 bits per heavy atom. The fraction of sp³-hybridized carbons (Fsp3) is 0.500. The van der Waals surface area contributed by atoms with Gasteiger partial charge in [-0.3, -0.25) is 0 Å². The predicted molar refractivity (Wildman–Crippen MR) is 68.9 cm³/mol. The molecule has 0 N–H and O–H groups in total. The molecule has 4 heteroatoms. The first-order valence-corrected chi connectivity index (χ1v) is 6.15. The van der Waals surface area contributed by atoms with Crippen LogP contribution in [0.5, 0.6) is 11.5 Å². The molecule has 0 atom stereocenters. The van der Waals surface area contributed by atoms with Crippen molar-refractivity contribution >= 4 is 0 Å². The minimum atomic E-state index is 0.546. The lowest BCUT2D eigenvalue weighted by atomic mass is 10.2. The third-order valence-corrected chi connectivity index (χ3v) is 3.18. The summed E-state index contributed by atoms with van der Waals surface area (Å²) in [7, 11) is 3.71. The topological polar surface area (TPSA) is 45.5 Å². The zero-order valence-corrected chi connectivity index (χ0v) is 10.8. The quantitative estimate of drug-likeness (QED) is 0.770. The smallest absolute Gasteiger partial charge is 0.140 e. The Bertz CT molecular complexity index is 450. The van der Waals surface area contributed by atoms with Gasteiger partial charge < -0.3 is 14.4 Å². The van der Waals surface area contributed by atoms with Crippen molar-refractivity contribution in [1.29, 1.82) is 5.26 Å². The average molecular weight is 246 g/mol. The van der Waals surface area contributed by atoms with Crippen LogP contribution in [0.2, 0.25) is 0 Å². The Balaban J connectivity index is 1.92. The summed E-state index contributed by atoms with van der Waals surface area (Å²) in [6.45, 7) is 1.47. The standard InChI is InChI=1S/C14H18N2O2/c1-16(12-4-5-12)7-8-18-14-9-13(17-2)6-3-11(14)10-15/h3,6,9,12H,4-5,7-8H2,1-2H3. The van der Waals surface area contributed by atoms with E-state index < -0.39 is 0 Å². The number of hydrogen-bond donors (Lipinski definition) is 0. The van der Waals surface area contributed by atoms with Crippen LogP contribution in [0.4, 0.5) is 0 Å². The molecule has 0 aliphatic heterocycles. The van der Waals surface area contributed by atoms with E-state index in [4.69, 9.17) is 14.7 Å². The van der Waals surface area contributed by atoms with Crippen LogP contribution < -0.4 is 9.47 Å². The first kappa shape index (κ1) is 12.7. The number of rotatable bonds is 6. The molecule has 0 saturated heterocycles. The van der Waals surface area contributed by atoms with Gasteiger partial charge in [-0.15, -0.1) is 0 Å². The predicted octanol–water partition coefficient (Wildman–Crippen LogP) is 2.04. The molecule has 0 spiro atoms. The van der Waals surface area contributed by atoms with Crippen molar-refractivity contribution in [2.24, 2.45) is 0 Å². The second-order valence-corrected chi connectivity index (χ2v) is 4.53. The van der Waals surface area contributed by atoms with E-state index in [2.05, 4.69) is 18.0 Å². The summed E-state index contributed by atoms with van der Waals surface area (Å²) in [5.41, 5.74) is 0.546. The summed E-state index contributed by atoms with van der Waals surface area (Å²) in [5, 5.41) is 9.01. The van der Waals surface area contributed by atoms with E-state index in [9.17, 15) is 0 Å². The van der Waals surface area contributed by atoms with E-state index in [1.165, 1.54) is 12.8 Å². The third kappa shape index (κ3) is 3.14. The second kappa shape index (κ2) is 5.74. The van der Waals surface area contributed by atoms with Crippen molar-refractivity contribution in [3.05, 3.63) is 23.8 Å². The Morgan fingerprint density at radius 3 is 2.83 bits per heavy atom. The highest BCUT2D eigenvalue weighted by Crippen LogP contribution is 2.26. The summed E-state index contributed by atoms with van der Waals surface area (Å²) in [5.74, 6) is 1.31. The lowest BCUT2D eigenvalue weighted by molar-refractivity contribution is 0.231. The highest BCUT2D eigenvalue weighted by molar-refractivity contribution is 5.47. The molecule has 0 bridgehead atoms. The zero-order chi connectivity index (χ0) is 13.0. The third-order valence-electron chi connectivity index (χ3n) is 3.18. The van der Waals surface area contributed by atoms with Gasteiger partial charge in [-0.1, -0.05) is 0 Å². The molecule has 0 aromatic heterocycles. The summed E-state index contributed by atoms with van der Waals surface area (Å²) < 4.78 is 10.8. The van der Waals surface area contributed by atoms with Gasteiger partial charge in [0.15, 0.2) is 0 Å². The number of hydrogen-bond acceptors (Lipinski definition) is 4. The summed E-state index contributed by atoms with van der Waals surface area (Å²) >= 11 is 0. The molecule has 0 unspecified atom stereocenters. The Morgan fingerprint density at radius 2 is 2.22 bits per heavy atom. The normalized spacial score (nSPS) is 14.3. The number of benzene rings is 1. The first-order chi connectivity index (χ1) is 8.74. The zero-order valence-electron chi connectivity index (χ0n) is 10.8. The van der Waals surface area contributed by atoms with E-state index in [1.54, 1.807) is 25.3 Å². The highest BCUT2D eigenvalue weighted by atomic mass is 16.5. The Hall–Kier alpha value is -1.73. The van der Waals surface area contributed by atoms with Crippen molar-refractivity contribution in [3.63, 3.8) is 0 Å². The molecule has 1 aliphatic rings. The van der Waals surface area contributed by atoms with Gasteiger partial charge in [0, 0.05) is 18.7 Å². The van der Waals surface area contributed by atoms with Gasteiger partial charge in [0.05, 0.1) is 12.7 Å². The fourth-order valence-corrected chi connectivity index (χ4v) is 1.84. The van der Waals surface area contributed by atoms with E-state index in [-0.39, 0.29) is 0 Å². The summed E-state index contributed by atoms with van der Waals surface area (Å²) in [6, 6.07) is 8.10. The molecule has 1 fully saturated rings. The maximum absolute atomic E-state index is 9.01. The van der Waals surface area contributed by atoms with Crippen LogP contribution in [0.3, 0.4) is 0 Å². The van der Waals surface area contributed by atoms with E-state index in [1.807, 2.05) is 0 Å². The van der Waals surface area contributed by atoms with Gasteiger partial charge in [-0.25, -0.2) is 0 Å². The van der Waals surface area contributed by atoms with E-state index in [0.29, 0.717) is 23.7 Å². The van der Waals surface area contributed by atoms with E-state index in [0.717, 1.165) is 12.6 Å². The van der Waals surface area contributed by atoms with Crippen LogP contribution in [0.15, 0.2) is 18.2 Å². The molecular formula is C14H18N2O2. The average Bonchev–Trinajstić information content (AvgIpc) is 3.22. The lowest BCUT2D eigenvalue weighted by Crippen LogP contribution is -2.26. The van der Waals surface area contributed by atoms with Crippen molar-refractivity contribution in [2.75, 3.05) is 27.3 Å². The van der Waals surface area contributed by atoms with Crippen LogP contribution >= 0.6 is 0 Å². The van der Waals surface area contributed by atoms with Gasteiger partial charge in [0.1, 0.15) is 24.2 Å². The van der Waals surface area contributed by atoms with Crippen molar-refractivity contribution in [2.45, 2.75) is 18.9 Å². The second-order valence-electron chi connectivity index (χ2n) is 4.53. The van der Waals surface area contributed by atoms with Crippen LogP contribution in [0, 0.1) is 11.3 Å². The molecule has 96 valence electrons. The fourth-order valence-electron chi connectivity index (χ4n) is 1.84.